The number of ether oxygens (including phenoxy) is 2. The predicted octanol–water partition coefficient (Wildman–Crippen LogP) is 3.35. The highest BCUT2D eigenvalue weighted by molar-refractivity contribution is 5.99. The van der Waals surface area contributed by atoms with Crippen LogP contribution in [-0.2, 0) is 25.7 Å². The van der Waals surface area contributed by atoms with Crippen LogP contribution in [0, 0.1) is 0 Å². The zero-order valence-corrected chi connectivity index (χ0v) is 18.1. The van der Waals surface area contributed by atoms with Gasteiger partial charge in [-0.05, 0) is 50.6 Å². The van der Waals surface area contributed by atoms with E-state index >= 15 is 0 Å². The van der Waals surface area contributed by atoms with Gasteiger partial charge in [0.05, 0.1) is 12.0 Å². The molecule has 9 heteroatoms. The van der Waals surface area contributed by atoms with Gasteiger partial charge in [0.15, 0.2) is 0 Å². The van der Waals surface area contributed by atoms with Gasteiger partial charge in [0.1, 0.15) is 18.2 Å². The van der Waals surface area contributed by atoms with Crippen LogP contribution < -0.4 is 10.6 Å². The quantitative estimate of drug-likeness (QED) is 0.534. The Morgan fingerprint density at radius 1 is 0.969 bits per heavy atom. The average molecular weight is 442 g/mol. The predicted molar refractivity (Wildman–Crippen MR) is 116 cm³/mol. The normalized spacial score (nSPS) is 11.7. The van der Waals surface area contributed by atoms with Crippen LogP contribution >= 0.6 is 0 Å². The van der Waals surface area contributed by atoms with Crippen LogP contribution in [0.2, 0.25) is 0 Å². The molecule has 0 saturated heterocycles. The molecule has 0 unspecified atom stereocenters. The molecule has 1 atom stereocenters. The fraction of sp³-hybridized carbons (Fsp3) is 0.304. The molecule has 0 aromatic heterocycles. The minimum atomic E-state index is -1.27. The van der Waals surface area contributed by atoms with E-state index in [1.54, 1.807) is 45.0 Å². The fourth-order valence-corrected chi connectivity index (χ4v) is 2.55. The van der Waals surface area contributed by atoms with Crippen molar-refractivity contribution in [1.29, 1.82) is 0 Å². The highest BCUT2D eigenvalue weighted by atomic mass is 16.6. The molecule has 170 valence electrons. The van der Waals surface area contributed by atoms with E-state index in [2.05, 4.69) is 10.6 Å². The number of benzene rings is 2. The smallest absolute Gasteiger partial charge is 0.408 e. The number of amides is 2. The maximum Gasteiger partial charge on any atom is 0.408 e. The van der Waals surface area contributed by atoms with Crippen molar-refractivity contribution >= 4 is 29.6 Å². The number of carboxylic acid groups (broad SMARTS) is 1. The van der Waals surface area contributed by atoms with Gasteiger partial charge in [-0.3, -0.25) is 9.59 Å². The number of hydrogen-bond acceptors (Lipinski definition) is 6. The molecule has 0 spiro atoms. The number of nitrogens with one attached hydrogen (secondary N) is 2. The Balaban J connectivity index is 2.06. The lowest BCUT2D eigenvalue weighted by Crippen LogP contribution is -2.47. The first-order valence-electron chi connectivity index (χ1n) is 9.87. The number of carbonyl (C=O) groups excluding carboxylic acids is 3. The molecular formula is C23H26N2O7. The number of hydrogen-bond donors (Lipinski definition) is 3. The summed E-state index contributed by atoms with van der Waals surface area (Å²) < 4.78 is 10.4. The lowest BCUT2D eigenvalue weighted by Gasteiger charge is -2.23. The van der Waals surface area contributed by atoms with E-state index in [1.807, 2.05) is 6.07 Å². The van der Waals surface area contributed by atoms with Gasteiger partial charge in [-0.25, -0.2) is 9.59 Å². The van der Waals surface area contributed by atoms with E-state index in [-0.39, 0.29) is 12.2 Å². The Kier molecular flexibility index (Phi) is 8.34. The molecule has 32 heavy (non-hydrogen) atoms. The van der Waals surface area contributed by atoms with E-state index in [4.69, 9.17) is 14.6 Å². The van der Waals surface area contributed by atoms with Crippen LogP contribution in [0.4, 0.5) is 10.5 Å². The van der Waals surface area contributed by atoms with Crippen LogP contribution in [0.25, 0.3) is 0 Å². The van der Waals surface area contributed by atoms with Crippen molar-refractivity contribution in [3.05, 3.63) is 65.7 Å². The molecular weight excluding hydrogens is 416 g/mol. The Morgan fingerprint density at radius 2 is 1.59 bits per heavy atom. The minimum Gasteiger partial charge on any atom is -0.478 e. The van der Waals surface area contributed by atoms with Gasteiger partial charge >= 0.3 is 18.0 Å². The second kappa shape index (κ2) is 10.9. The number of anilines is 1. The Hall–Kier alpha value is -3.88. The van der Waals surface area contributed by atoms with E-state index in [0.717, 1.165) is 5.56 Å². The largest absolute Gasteiger partial charge is 0.478 e. The molecule has 2 aromatic rings. The Morgan fingerprint density at radius 3 is 2.16 bits per heavy atom. The van der Waals surface area contributed by atoms with Crippen LogP contribution in [0.1, 0.15) is 43.1 Å². The first-order valence-corrected chi connectivity index (χ1v) is 9.87. The van der Waals surface area contributed by atoms with Gasteiger partial charge in [-0.2, -0.15) is 0 Å². The Labute approximate surface area is 185 Å². The first kappa shape index (κ1) is 24.4. The third-order valence-corrected chi connectivity index (χ3v) is 4.02. The highest BCUT2D eigenvalue weighted by Crippen LogP contribution is 2.12. The molecule has 9 nitrogen and oxygen atoms in total. The van der Waals surface area contributed by atoms with Crippen molar-refractivity contribution in [2.24, 2.45) is 0 Å². The van der Waals surface area contributed by atoms with Crippen LogP contribution in [0.5, 0.6) is 0 Å². The molecule has 0 bridgehead atoms. The SMILES string of the molecule is CC(C)(C)OC(=O)N[C@@H](CC(=O)OCc1ccccc1)C(=O)Nc1ccc(C(=O)O)cc1. The summed E-state index contributed by atoms with van der Waals surface area (Å²) in [5, 5.41) is 13.9. The third-order valence-electron chi connectivity index (χ3n) is 4.02. The Bertz CT molecular complexity index is 951. The summed E-state index contributed by atoms with van der Waals surface area (Å²) in [6.45, 7) is 5.02. The lowest BCUT2D eigenvalue weighted by molar-refractivity contribution is -0.146. The molecule has 2 aromatic carbocycles. The van der Waals surface area contributed by atoms with Crippen LogP contribution in [-0.4, -0.2) is 40.7 Å². The third kappa shape index (κ3) is 8.47. The van der Waals surface area contributed by atoms with Crippen molar-refractivity contribution in [2.45, 2.75) is 45.4 Å². The van der Waals surface area contributed by atoms with Gasteiger partial charge < -0.3 is 25.2 Å². The van der Waals surface area contributed by atoms with Gasteiger partial charge in [0.25, 0.3) is 0 Å². The first-order chi connectivity index (χ1) is 15.0. The standard InChI is InChI=1S/C23H26N2O7/c1-23(2,3)32-22(30)25-18(13-19(26)31-14-15-7-5-4-6-8-15)20(27)24-17-11-9-16(10-12-17)21(28)29/h4-12,18H,13-14H2,1-3H3,(H,24,27)(H,25,30)(H,28,29)/t18-/m0/s1. The average Bonchev–Trinajstić information content (AvgIpc) is 2.71. The molecule has 0 saturated carbocycles. The molecule has 0 radical (unpaired) electrons. The monoisotopic (exact) mass is 442 g/mol. The van der Waals surface area contributed by atoms with Gasteiger partial charge in [0, 0.05) is 5.69 Å². The minimum absolute atomic E-state index is 0.0249. The molecule has 0 heterocycles. The van der Waals surface area contributed by atoms with E-state index in [1.165, 1.54) is 24.3 Å². The summed E-state index contributed by atoms with van der Waals surface area (Å²) in [4.78, 5) is 48.2. The molecule has 2 rings (SSSR count). The summed E-state index contributed by atoms with van der Waals surface area (Å²) in [6, 6.07) is 13.2. The van der Waals surface area contributed by atoms with E-state index in [0.29, 0.717) is 5.69 Å². The van der Waals surface area contributed by atoms with Crippen molar-refractivity contribution < 1.29 is 33.8 Å². The number of carboxylic acids is 1. The number of esters is 1. The second-order valence-electron chi connectivity index (χ2n) is 7.92. The van der Waals surface area contributed by atoms with Gasteiger partial charge in [-0.1, -0.05) is 30.3 Å². The summed E-state index contributed by atoms with van der Waals surface area (Å²) in [6.07, 6.45) is -1.29. The highest BCUT2D eigenvalue weighted by Gasteiger charge is 2.27. The van der Waals surface area contributed by atoms with Crippen molar-refractivity contribution in [3.63, 3.8) is 0 Å². The van der Waals surface area contributed by atoms with Crippen molar-refractivity contribution in [3.8, 4) is 0 Å². The van der Waals surface area contributed by atoms with Crippen LogP contribution in [0.3, 0.4) is 0 Å². The molecule has 3 N–H and O–H groups in total. The van der Waals surface area contributed by atoms with E-state index in [9.17, 15) is 19.2 Å². The number of alkyl carbamates (subject to hydrolysis) is 1. The van der Waals surface area contributed by atoms with E-state index < -0.39 is 42.0 Å². The van der Waals surface area contributed by atoms with Gasteiger partial charge in [0.2, 0.25) is 5.91 Å². The molecule has 0 aliphatic rings. The lowest BCUT2D eigenvalue weighted by atomic mass is 10.1. The molecule has 0 fully saturated rings. The summed E-state index contributed by atoms with van der Waals surface area (Å²) in [5.74, 6) is -2.48. The summed E-state index contributed by atoms with van der Waals surface area (Å²) in [7, 11) is 0. The zero-order chi connectivity index (χ0) is 23.7. The summed E-state index contributed by atoms with van der Waals surface area (Å²) >= 11 is 0. The molecule has 2 amide bonds. The van der Waals surface area contributed by atoms with Gasteiger partial charge in [-0.15, -0.1) is 0 Å². The fourth-order valence-electron chi connectivity index (χ4n) is 2.55. The number of aromatic carboxylic acids is 1. The second-order valence-corrected chi connectivity index (χ2v) is 7.92. The topological polar surface area (TPSA) is 131 Å². The number of rotatable bonds is 8. The summed E-state index contributed by atoms with van der Waals surface area (Å²) in [5.41, 5.74) is 0.330. The van der Waals surface area contributed by atoms with Crippen LogP contribution in [0.15, 0.2) is 54.6 Å². The van der Waals surface area contributed by atoms with Crippen molar-refractivity contribution in [1.82, 2.24) is 5.32 Å². The number of carbonyl (C=O) groups is 4. The molecule has 0 aliphatic heterocycles. The maximum absolute atomic E-state index is 12.7. The van der Waals surface area contributed by atoms with Crippen molar-refractivity contribution in [2.75, 3.05) is 5.32 Å². The molecule has 0 aliphatic carbocycles. The zero-order valence-electron chi connectivity index (χ0n) is 18.1. The maximum atomic E-state index is 12.7.